The molecule has 0 unspecified atom stereocenters. The van der Waals surface area contributed by atoms with Gasteiger partial charge in [0.15, 0.2) is 0 Å². The first-order valence-corrected chi connectivity index (χ1v) is 9.83. The molecule has 2 nitrogen and oxygen atoms in total. The van der Waals surface area contributed by atoms with Gasteiger partial charge in [-0.1, -0.05) is 30.3 Å². The Labute approximate surface area is 129 Å². The van der Waals surface area contributed by atoms with Gasteiger partial charge in [-0.2, -0.15) is 0 Å². The third-order valence-corrected chi connectivity index (χ3v) is 2.35. The number of rotatable bonds is 2. The number of hydrogen-bond donors (Lipinski definition) is 1. The van der Waals surface area contributed by atoms with Gasteiger partial charge in [0.2, 0.25) is 0 Å². The van der Waals surface area contributed by atoms with Crippen molar-refractivity contribution in [1.29, 1.82) is 0 Å². The Morgan fingerprint density at radius 3 is 2.11 bits per heavy atom. The number of benzene rings is 2. The van der Waals surface area contributed by atoms with Crippen LogP contribution in [-0.2, 0) is 17.0 Å². The summed E-state index contributed by atoms with van der Waals surface area (Å²) in [4.78, 5) is 4.45. The van der Waals surface area contributed by atoms with Gasteiger partial charge in [0.05, 0.1) is 5.69 Å². The van der Waals surface area contributed by atoms with Crippen LogP contribution in [0.3, 0.4) is 0 Å². The molecule has 0 bridgehead atoms. The average Bonchev–Trinajstić information content (AvgIpc) is 2.41. The molecule has 2 rings (SSSR count). The Morgan fingerprint density at radius 2 is 1.53 bits per heavy atom. The van der Waals surface area contributed by atoms with Crippen LogP contribution in [0, 0.1) is 0 Å². The summed E-state index contributed by atoms with van der Waals surface area (Å²) in [6.45, 7) is 1.89. The van der Waals surface area contributed by atoms with Crippen molar-refractivity contribution in [2.45, 2.75) is 6.92 Å². The van der Waals surface area contributed by atoms with E-state index < -0.39 is 17.0 Å². The molecule has 2 aromatic rings. The standard InChI is InChI=1S/C14H13NO.2ClH.Ti/c1-11(13-9-5-6-10-14(13)16)15-12-7-3-2-4-8-12;;;/h2-10,16H,1H3;2*1H;/q;;;+2/p-2. The maximum absolute atomic E-state index is 9.68. The number of hydrogen-bond acceptors (Lipinski definition) is 2. The average molecular weight is 330 g/mol. The summed E-state index contributed by atoms with van der Waals surface area (Å²) in [5.41, 5.74) is 2.47. The second-order valence-electron chi connectivity index (χ2n) is 3.62. The molecule has 0 spiro atoms. The molecule has 0 heterocycles. The molecule has 2 aromatic carbocycles. The summed E-state index contributed by atoms with van der Waals surface area (Å²) >= 11 is -0.556. The third kappa shape index (κ3) is 5.79. The molecule has 0 aliphatic carbocycles. The predicted octanol–water partition coefficient (Wildman–Crippen LogP) is 4.91. The fraction of sp³-hybridized carbons (Fsp3) is 0.0714. The Morgan fingerprint density at radius 1 is 1.00 bits per heavy atom. The Balaban J connectivity index is 0.000000550. The number of nitrogens with zero attached hydrogens (tertiary/aromatic N) is 1. The SMILES string of the molecule is CC(=Nc1ccccc1)c1ccccc1O.[Cl][Ti][Cl]. The number of aromatic hydroxyl groups is 1. The summed E-state index contributed by atoms with van der Waals surface area (Å²) in [6, 6.07) is 16.9. The molecule has 0 aliphatic heterocycles. The summed E-state index contributed by atoms with van der Waals surface area (Å²) in [6.07, 6.45) is 0. The van der Waals surface area contributed by atoms with E-state index in [-0.39, 0.29) is 5.75 Å². The molecule has 5 heteroatoms. The van der Waals surface area contributed by atoms with E-state index in [4.69, 9.17) is 18.6 Å². The van der Waals surface area contributed by atoms with Crippen molar-refractivity contribution >= 4 is 30.0 Å². The third-order valence-electron chi connectivity index (χ3n) is 2.35. The van der Waals surface area contributed by atoms with E-state index in [0.29, 0.717) is 0 Å². The topological polar surface area (TPSA) is 32.6 Å². The van der Waals surface area contributed by atoms with Gasteiger partial charge >= 0.3 is 35.6 Å². The molecule has 0 aliphatic rings. The van der Waals surface area contributed by atoms with E-state index in [0.717, 1.165) is 17.0 Å². The van der Waals surface area contributed by atoms with Crippen molar-refractivity contribution in [2.24, 2.45) is 4.99 Å². The van der Waals surface area contributed by atoms with Crippen LogP contribution in [0.5, 0.6) is 5.75 Å². The number of phenolic OH excluding ortho intramolecular Hbond substituents is 1. The van der Waals surface area contributed by atoms with Crippen molar-refractivity contribution < 1.29 is 22.1 Å². The van der Waals surface area contributed by atoms with E-state index in [1.807, 2.05) is 49.4 Å². The van der Waals surface area contributed by atoms with E-state index in [1.165, 1.54) is 0 Å². The Hall–Kier alpha value is -0.796. The van der Waals surface area contributed by atoms with Gasteiger partial charge in [0, 0.05) is 11.3 Å². The van der Waals surface area contributed by atoms with Gasteiger partial charge in [-0.05, 0) is 31.2 Å². The molecule has 0 aromatic heterocycles. The number of halogens is 2. The van der Waals surface area contributed by atoms with Crippen LogP contribution in [0.2, 0.25) is 0 Å². The zero-order valence-electron chi connectivity index (χ0n) is 10.3. The Bertz CT molecular complexity index is 532. The molecular weight excluding hydrogens is 317 g/mol. The zero-order valence-corrected chi connectivity index (χ0v) is 13.4. The molecule has 0 saturated carbocycles. The van der Waals surface area contributed by atoms with Crippen LogP contribution in [0.15, 0.2) is 59.6 Å². The minimum absolute atomic E-state index is 0.264. The van der Waals surface area contributed by atoms with E-state index >= 15 is 0 Å². The van der Waals surface area contributed by atoms with E-state index in [2.05, 4.69) is 4.99 Å². The molecule has 0 atom stereocenters. The normalized spacial score (nSPS) is 10.4. The minimum atomic E-state index is -0.556. The molecular formula is C14H13Cl2NOTi. The van der Waals surface area contributed by atoms with Gasteiger partial charge in [0.25, 0.3) is 0 Å². The first-order chi connectivity index (χ1) is 9.19. The van der Waals surface area contributed by atoms with Gasteiger partial charge in [-0.15, -0.1) is 0 Å². The summed E-state index contributed by atoms with van der Waals surface area (Å²) in [7, 11) is 9.78. The first kappa shape index (κ1) is 16.3. The van der Waals surface area contributed by atoms with Crippen molar-refractivity contribution in [3.8, 4) is 5.75 Å². The van der Waals surface area contributed by atoms with Crippen LogP contribution in [-0.4, -0.2) is 10.8 Å². The number of para-hydroxylation sites is 2. The van der Waals surface area contributed by atoms with E-state index in [9.17, 15) is 5.11 Å². The van der Waals surface area contributed by atoms with Crippen LogP contribution in [0.25, 0.3) is 0 Å². The molecule has 19 heavy (non-hydrogen) atoms. The van der Waals surface area contributed by atoms with Crippen molar-refractivity contribution in [3.63, 3.8) is 0 Å². The van der Waals surface area contributed by atoms with Crippen LogP contribution in [0.1, 0.15) is 12.5 Å². The number of phenols is 1. The first-order valence-electron chi connectivity index (χ1n) is 5.54. The van der Waals surface area contributed by atoms with Gasteiger partial charge in [-0.3, -0.25) is 4.99 Å². The molecule has 0 radical (unpaired) electrons. The van der Waals surface area contributed by atoms with Crippen LogP contribution >= 0.6 is 18.6 Å². The van der Waals surface area contributed by atoms with Gasteiger partial charge in [0.1, 0.15) is 5.75 Å². The Kier molecular flexibility index (Phi) is 7.84. The summed E-state index contributed by atoms with van der Waals surface area (Å²) in [5, 5.41) is 9.68. The van der Waals surface area contributed by atoms with Crippen molar-refractivity contribution in [3.05, 3.63) is 60.2 Å². The second-order valence-corrected chi connectivity index (χ2v) is 6.20. The maximum atomic E-state index is 9.68. The summed E-state index contributed by atoms with van der Waals surface area (Å²) < 4.78 is 0. The van der Waals surface area contributed by atoms with Crippen molar-refractivity contribution in [1.82, 2.24) is 0 Å². The fourth-order valence-corrected chi connectivity index (χ4v) is 1.54. The molecule has 98 valence electrons. The van der Waals surface area contributed by atoms with Gasteiger partial charge in [-0.25, -0.2) is 0 Å². The quantitative estimate of drug-likeness (QED) is 0.616. The van der Waals surface area contributed by atoms with Crippen LogP contribution in [0.4, 0.5) is 5.69 Å². The molecule has 0 saturated heterocycles. The molecule has 1 N–H and O–H groups in total. The van der Waals surface area contributed by atoms with E-state index in [1.54, 1.807) is 12.1 Å². The van der Waals surface area contributed by atoms with Crippen LogP contribution < -0.4 is 0 Å². The summed E-state index contributed by atoms with van der Waals surface area (Å²) in [5.74, 6) is 0.264. The van der Waals surface area contributed by atoms with Gasteiger partial charge < -0.3 is 5.11 Å². The van der Waals surface area contributed by atoms with Crippen molar-refractivity contribution in [2.75, 3.05) is 0 Å². The molecule has 0 fully saturated rings. The monoisotopic (exact) mass is 329 g/mol. The fourth-order valence-electron chi connectivity index (χ4n) is 1.54. The number of aliphatic imine (C=N–C) groups is 1. The molecule has 0 amide bonds. The second kappa shape index (κ2) is 9.16. The predicted molar refractivity (Wildman–Crippen MR) is 78.1 cm³/mol. The zero-order chi connectivity index (χ0) is 14.1.